The summed E-state index contributed by atoms with van der Waals surface area (Å²) >= 11 is 0. The van der Waals surface area contributed by atoms with E-state index in [-0.39, 0.29) is 24.5 Å². The summed E-state index contributed by atoms with van der Waals surface area (Å²) < 4.78 is 0. The van der Waals surface area contributed by atoms with Crippen LogP contribution in [0, 0.1) is 5.92 Å². The summed E-state index contributed by atoms with van der Waals surface area (Å²) in [7, 11) is 0. The Kier molecular flexibility index (Phi) is 4.38. The minimum atomic E-state index is -0.363. The van der Waals surface area contributed by atoms with Crippen LogP contribution in [0.3, 0.4) is 0 Å². The van der Waals surface area contributed by atoms with Crippen molar-refractivity contribution >= 4 is 5.91 Å². The second-order valence-corrected chi connectivity index (χ2v) is 5.43. The summed E-state index contributed by atoms with van der Waals surface area (Å²) in [6.45, 7) is 0.276. The number of aliphatic hydroxyl groups excluding tert-OH is 1. The molecule has 1 aliphatic rings. The van der Waals surface area contributed by atoms with Gasteiger partial charge in [-0.1, -0.05) is 6.42 Å². The maximum atomic E-state index is 12.1. The van der Waals surface area contributed by atoms with Crippen molar-refractivity contribution in [2.45, 2.75) is 38.3 Å². The molecule has 2 aromatic heterocycles. The van der Waals surface area contributed by atoms with Crippen LogP contribution in [0.4, 0.5) is 0 Å². The van der Waals surface area contributed by atoms with Gasteiger partial charge in [-0.3, -0.25) is 14.9 Å². The Balaban J connectivity index is 1.56. The van der Waals surface area contributed by atoms with Crippen LogP contribution in [0.25, 0.3) is 11.5 Å². The van der Waals surface area contributed by atoms with Crippen LogP contribution in [0.15, 0.2) is 18.6 Å². The van der Waals surface area contributed by atoms with Crippen LogP contribution in [0.2, 0.25) is 0 Å². The maximum absolute atomic E-state index is 12.1. The zero-order valence-corrected chi connectivity index (χ0v) is 12.1. The minimum absolute atomic E-state index is 0.0452. The fraction of sp³-hybridized carbons (Fsp3) is 0.500. The molecule has 116 valence electrons. The molecule has 0 radical (unpaired) electrons. The number of aliphatic hydroxyl groups is 1. The Morgan fingerprint density at radius 3 is 3.09 bits per heavy atom. The van der Waals surface area contributed by atoms with E-state index in [4.69, 9.17) is 0 Å². The van der Waals surface area contributed by atoms with Crippen LogP contribution in [0.1, 0.15) is 31.5 Å². The van der Waals surface area contributed by atoms with Crippen LogP contribution in [0.5, 0.6) is 0 Å². The third-order valence-electron chi connectivity index (χ3n) is 3.77. The lowest BCUT2D eigenvalue weighted by Gasteiger charge is -2.24. The Labute approximate surface area is 127 Å². The molecule has 0 unspecified atom stereocenters. The molecule has 0 aromatic carbocycles. The van der Waals surface area contributed by atoms with E-state index in [9.17, 15) is 9.90 Å². The predicted molar refractivity (Wildman–Crippen MR) is 77.2 cm³/mol. The molecule has 3 N–H and O–H groups in total. The van der Waals surface area contributed by atoms with Gasteiger partial charge in [0.25, 0.3) is 0 Å². The molecule has 3 rings (SSSR count). The average molecular weight is 302 g/mol. The van der Waals surface area contributed by atoms with E-state index in [1.807, 2.05) is 0 Å². The topological polar surface area (TPSA) is 117 Å². The molecule has 1 amide bonds. The average Bonchev–Trinajstić information content (AvgIpc) is 3.02. The Morgan fingerprint density at radius 2 is 2.32 bits per heavy atom. The number of aromatic amines is 1. The molecule has 8 nitrogen and oxygen atoms in total. The standard InChI is InChI=1S/C14H18N6O2/c21-10-3-1-2-9(6-10)14(22)17-8-12-18-13(20-19-12)11-7-15-4-5-16-11/h4-5,7,9-10,21H,1-3,6,8H2,(H,17,22)(H,18,19,20)/t9-,10+/m1/s1. The normalized spacial score (nSPS) is 21.5. The fourth-order valence-electron chi connectivity index (χ4n) is 2.62. The lowest BCUT2D eigenvalue weighted by atomic mass is 9.87. The van der Waals surface area contributed by atoms with Gasteiger partial charge in [-0.15, -0.1) is 0 Å². The highest BCUT2D eigenvalue weighted by Gasteiger charge is 2.25. The lowest BCUT2D eigenvalue weighted by molar-refractivity contribution is -0.127. The van der Waals surface area contributed by atoms with Gasteiger partial charge in [-0.2, -0.15) is 5.10 Å². The molecule has 0 bridgehead atoms. The molecule has 8 heteroatoms. The smallest absolute Gasteiger partial charge is 0.223 e. The van der Waals surface area contributed by atoms with E-state index >= 15 is 0 Å². The van der Waals surface area contributed by atoms with Crippen molar-refractivity contribution in [3.8, 4) is 11.5 Å². The number of aromatic nitrogens is 5. The highest BCUT2D eigenvalue weighted by molar-refractivity contribution is 5.78. The Hall–Kier alpha value is -2.35. The summed E-state index contributed by atoms with van der Waals surface area (Å²) in [4.78, 5) is 24.4. The third kappa shape index (κ3) is 3.45. The number of rotatable bonds is 4. The first kappa shape index (κ1) is 14.6. The summed E-state index contributed by atoms with van der Waals surface area (Å²) in [6.07, 6.45) is 7.40. The summed E-state index contributed by atoms with van der Waals surface area (Å²) in [5.74, 6) is 0.845. The van der Waals surface area contributed by atoms with E-state index in [1.54, 1.807) is 18.6 Å². The number of hydrogen-bond donors (Lipinski definition) is 3. The fourth-order valence-corrected chi connectivity index (χ4v) is 2.62. The molecule has 0 saturated heterocycles. The minimum Gasteiger partial charge on any atom is -0.393 e. The SMILES string of the molecule is O=C(NCc1nc(-c2cnccn2)n[nH]1)[C@@H]1CCC[C@H](O)C1. The number of nitrogens with one attached hydrogen (secondary N) is 2. The highest BCUT2D eigenvalue weighted by atomic mass is 16.3. The van der Waals surface area contributed by atoms with Crippen LogP contribution >= 0.6 is 0 Å². The first-order chi connectivity index (χ1) is 10.7. The molecule has 1 fully saturated rings. The molecule has 1 saturated carbocycles. The first-order valence-electron chi connectivity index (χ1n) is 7.36. The number of carbonyl (C=O) groups excluding carboxylic acids is 1. The summed E-state index contributed by atoms with van der Waals surface area (Å²) in [6, 6.07) is 0. The van der Waals surface area contributed by atoms with Crippen molar-refractivity contribution in [2.24, 2.45) is 5.92 Å². The van der Waals surface area contributed by atoms with Gasteiger partial charge >= 0.3 is 0 Å². The number of H-pyrrole nitrogens is 1. The van der Waals surface area contributed by atoms with Crippen LogP contribution in [-0.4, -0.2) is 42.3 Å². The molecule has 0 aliphatic heterocycles. The first-order valence-corrected chi connectivity index (χ1v) is 7.36. The molecular formula is C14H18N6O2. The second-order valence-electron chi connectivity index (χ2n) is 5.43. The molecular weight excluding hydrogens is 284 g/mol. The van der Waals surface area contributed by atoms with Gasteiger partial charge in [0.1, 0.15) is 11.5 Å². The van der Waals surface area contributed by atoms with Crippen molar-refractivity contribution < 1.29 is 9.90 Å². The van der Waals surface area contributed by atoms with Crippen molar-refractivity contribution in [2.75, 3.05) is 0 Å². The monoisotopic (exact) mass is 302 g/mol. The quantitative estimate of drug-likeness (QED) is 0.754. The van der Waals surface area contributed by atoms with E-state index in [2.05, 4.69) is 30.5 Å². The van der Waals surface area contributed by atoms with E-state index in [0.717, 1.165) is 19.3 Å². The molecule has 2 atom stereocenters. The number of amides is 1. The van der Waals surface area contributed by atoms with Crippen molar-refractivity contribution in [1.82, 2.24) is 30.5 Å². The van der Waals surface area contributed by atoms with Crippen LogP contribution in [-0.2, 0) is 11.3 Å². The number of carbonyl (C=O) groups is 1. The van der Waals surface area contributed by atoms with Gasteiger partial charge in [-0.05, 0) is 19.3 Å². The van der Waals surface area contributed by atoms with Crippen molar-refractivity contribution in [1.29, 1.82) is 0 Å². The van der Waals surface area contributed by atoms with E-state index in [0.29, 0.717) is 23.8 Å². The van der Waals surface area contributed by atoms with Gasteiger partial charge in [0, 0.05) is 18.3 Å². The number of hydrogen-bond acceptors (Lipinski definition) is 6. The lowest BCUT2D eigenvalue weighted by Crippen LogP contribution is -2.35. The highest BCUT2D eigenvalue weighted by Crippen LogP contribution is 2.24. The van der Waals surface area contributed by atoms with Gasteiger partial charge in [0.05, 0.1) is 18.8 Å². The molecule has 2 heterocycles. The summed E-state index contributed by atoms with van der Waals surface area (Å²) in [5, 5.41) is 19.3. The van der Waals surface area contributed by atoms with Gasteiger partial charge in [0.15, 0.2) is 0 Å². The zero-order valence-electron chi connectivity index (χ0n) is 12.1. The van der Waals surface area contributed by atoms with Crippen molar-refractivity contribution in [3.63, 3.8) is 0 Å². The number of nitrogens with zero attached hydrogens (tertiary/aromatic N) is 4. The molecule has 2 aromatic rings. The molecule has 0 spiro atoms. The Morgan fingerprint density at radius 1 is 1.41 bits per heavy atom. The van der Waals surface area contributed by atoms with E-state index < -0.39 is 0 Å². The molecule has 22 heavy (non-hydrogen) atoms. The largest absolute Gasteiger partial charge is 0.393 e. The van der Waals surface area contributed by atoms with Gasteiger partial charge in [0.2, 0.25) is 11.7 Å². The zero-order chi connectivity index (χ0) is 15.4. The van der Waals surface area contributed by atoms with E-state index in [1.165, 1.54) is 0 Å². The molecule has 1 aliphatic carbocycles. The van der Waals surface area contributed by atoms with Crippen LogP contribution < -0.4 is 5.32 Å². The van der Waals surface area contributed by atoms with Gasteiger partial charge < -0.3 is 10.4 Å². The maximum Gasteiger partial charge on any atom is 0.223 e. The summed E-state index contributed by atoms with van der Waals surface area (Å²) in [5.41, 5.74) is 0.576. The van der Waals surface area contributed by atoms with Gasteiger partial charge in [-0.25, -0.2) is 9.97 Å². The third-order valence-corrected chi connectivity index (χ3v) is 3.77. The van der Waals surface area contributed by atoms with Crippen molar-refractivity contribution in [3.05, 3.63) is 24.4 Å². The predicted octanol–water partition coefficient (Wildman–Crippen LogP) is 0.429. The Bertz CT molecular complexity index is 629. The second kappa shape index (κ2) is 6.61.